The molecule has 0 aromatic carbocycles. The number of hydrogen-bond acceptors (Lipinski definition) is 5. The van der Waals surface area contributed by atoms with Crippen LogP contribution in [-0.2, 0) is 19.7 Å². The van der Waals surface area contributed by atoms with Crippen LogP contribution >= 0.6 is 11.6 Å². The third-order valence-electron chi connectivity index (χ3n) is 1.78. The van der Waals surface area contributed by atoms with Gasteiger partial charge in [-0.2, -0.15) is 0 Å². The highest BCUT2D eigenvalue weighted by molar-refractivity contribution is 7.94. The molecule has 0 aliphatic carbocycles. The minimum Gasteiger partial charge on any atom is -0.243 e. The van der Waals surface area contributed by atoms with Crippen LogP contribution in [0.25, 0.3) is 0 Å². The van der Waals surface area contributed by atoms with Gasteiger partial charge in [-0.3, -0.25) is 0 Å². The molecule has 0 saturated heterocycles. The van der Waals surface area contributed by atoms with Gasteiger partial charge >= 0.3 is 0 Å². The predicted octanol–water partition coefficient (Wildman–Crippen LogP) is 0.498. The van der Waals surface area contributed by atoms with E-state index in [2.05, 4.69) is 4.98 Å². The van der Waals surface area contributed by atoms with E-state index < -0.39 is 24.7 Å². The molecule has 0 N–H and O–H groups in total. The van der Waals surface area contributed by atoms with Crippen molar-refractivity contribution in [3.05, 3.63) is 18.3 Å². The van der Waals surface area contributed by atoms with Gasteiger partial charge in [0.05, 0.1) is 5.75 Å². The second kappa shape index (κ2) is 4.68. The molecule has 1 aromatic heterocycles. The molecule has 0 unspecified atom stereocenters. The fourth-order valence-electron chi connectivity index (χ4n) is 1.09. The third kappa shape index (κ3) is 2.93. The van der Waals surface area contributed by atoms with E-state index in [9.17, 15) is 16.8 Å². The molecular weight excluding hydrogens is 274 g/mol. The fraction of sp³-hybridized carbons (Fsp3) is 0.375. The predicted molar refractivity (Wildman–Crippen MR) is 60.1 cm³/mol. The van der Waals surface area contributed by atoms with Crippen LogP contribution in [0.1, 0.15) is 0 Å². The zero-order valence-corrected chi connectivity index (χ0v) is 10.8. The number of halogens is 1. The van der Waals surface area contributed by atoms with E-state index in [-0.39, 0.29) is 16.5 Å². The quantitative estimate of drug-likeness (QED) is 0.752. The number of pyridine rings is 1. The van der Waals surface area contributed by atoms with Crippen molar-refractivity contribution < 1.29 is 16.8 Å². The first-order valence-corrected chi connectivity index (χ1v) is 8.30. The van der Waals surface area contributed by atoms with Gasteiger partial charge in [0.25, 0.3) is 0 Å². The molecule has 0 amide bonds. The Morgan fingerprint density at radius 1 is 1.31 bits per heavy atom. The number of nitrogens with zero attached hydrogens (tertiary/aromatic N) is 1. The summed E-state index contributed by atoms with van der Waals surface area (Å²) in [7, 11) is -7.37. The van der Waals surface area contributed by atoms with Crippen molar-refractivity contribution >= 4 is 31.3 Å². The second-order valence-electron chi connectivity index (χ2n) is 3.09. The second-order valence-corrected chi connectivity index (χ2v) is 7.47. The van der Waals surface area contributed by atoms with Crippen molar-refractivity contribution in [1.29, 1.82) is 0 Å². The van der Waals surface area contributed by atoms with Gasteiger partial charge in [0, 0.05) is 18.3 Å². The Labute approximate surface area is 99.3 Å². The lowest BCUT2D eigenvalue weighted by atomic mass is 10.5. The van der Waals surface area contributed by atoms with Crippen LogP contribution in [0.2, 0.25) is 0 Å². The number of rotatable bonds is 4. The van der Waals surface area contributed by atoms with Crippen LogP contribution in [0.4, 0.5) is 0 Å². The molecule has 90 valence electrons. The van der Waals surface area contributed by atoms with Crippen LogP contribution in [-0.4, -0.2) is 39.7 Å². The van der Waals surface area contributed by atoms with Crippen LogP contribution in [0.15, 0.2) is 28.3 Å². The van der Waals surface area contributed by atoms with E-state index in [4.69, 9.17) is 11.6 Å². The van der Waals surface area contributed by atoms with E-state index in [1.165, 1.54) is 18.3 Å². The van der Waals surface area contributed by atoms with E-state index in [0.29, 0.717) is 0 Å². The van der Waals surface area contributed by atoms with E-state index in [1.807, 2.05) is 0 Å². The maximum atomic E-state index is 11.7. The lowest BCUT2D eigenvalue weighted by molar-refractivity contribution is 0.581. The summed E-state index contributed by atoms with van der Waals surface area (Å²) in [5.74, 6) is -0.448. The summed E-state index contributed by atoms with van der Waals surface area (Å²) >= 11 is 5.35. The van der Waals surface area contributed by atoms with Crippen molar-refractivity contribution in [3.8, 4) is 0 Å². The lowest BCUT2D eigenvalue weighted by Gasteiger charge is -2.06. The molecule has 0 fully saturated rings. The van der Waals surface area contributed by atoms with Gasteiger partial charge < -0.3 is 0 Å². The number of hydrogen-bond donors (Lipinski definition) is 0. The zero-order valence-electron chi connectivity index (χ0n) is 8.42. The summed E-state index contributed by atoms with van der Waals surface area (Å²) in [4.78, 5) is 3.32. The summed E-state index contributed by atoms with van der Waals surface area (Å²) in [5.41, 5.74) is 0. The van der Waals surface area contributed by atoms with Gasteiger partial charge in [0.1, 0.15) is 4.90 Å². The van der Waals surface area contributed by atoms with E-state index in [1.54, 1.807) is 0 Å². The zero-order chi connectivity index (χ0) is 12.4. The summed E-state index contributed by atoms with van der Waals surface area (Å²) in [6, 6.07) is 2.58. The molecule has 0 spiro atoms. The molecule has 5 nitrogen and oxygen atoms in total. The minimum atomic E-state index is -3.75. The SMILES string of the molecule is CS(=O)(=O)c1cccnc1S(=O)(=O)CCCl. The third-order valence-corrected chi connectivity index (χ3v) is 5.10. The molecule has 0 aliphatic heterocycles. The maximum absolute atomic E-state index is 11.7. The summed E-state index contributed by atoms with van der Waals surface area (Å²) < 4.78 is 46.1. The highest BCUT2D eigenvalue weighted by atomic mass is 35.5. The summed E-state index contributed by atoms with van der Waals surface area (Å²) in [5, 5.41) is -0.432. The Morgan fingerprint density at radius 3 is 2.44 bits per heavy atom. The molecule has 1 heterocycles. The Hall–Kier alpha value is -0.660. The molecule has 0 aliphatic rings. The number of sulfone groups is 2. The van der Waals surface area contributed by atoms with E-state index >= 15 is 0 Å². The van der Waals surface area contributed by atoms with Crippen molar-refractivity contribution in [2.24, 2.45) is 0 Å². The largest absolute Gasteiger partial charge is 0.243 e. The first kappa shape index (κ1) is 13.4. The van der Waals surface area contributed by atoms with Gasteiger partial charge in [-0.25, -0.2) is 21.8 Å². The Bertz CT molecular complexity index is 580. The average Bonchev–Trinajstić information content (AvgIpc) is 2.16. The molecule has 0 radical (unpaired) electrons. The van der Waals surface area contributed by atoms with Gasteiger partial charge in [-0.1, -0.05) is 0 Å². The van der Waals surface area contributed by atoms with Crippen molar-refractivity contribution in [3.63, 3.8) is 0 Å². The topological polar surface area (TPSA) is 81.2 Å². The number of aromatic nitrogens is 1. The van der Waals surface area contributed by atoms with Gasteiger partial charge in [-0.05, 0) is 12.1 Å². The van der Waals surface area contributed by atoms with Crippen LogP contribution < -0.4 is 0 Å². The Kier molecular flexibility index (Phi) is 3.92. The van der Waals surface area contributed by atoms with Crippen molar-refractivity contribution in [1.82, 2.24) is 4.98 Å². The highest BCUT2D eigenvalue weighted by Gasteiger charge is 2.24. The average molecular weight is 284 g/mol. The fourth-order valence-corrected chi connectivity index (χ4v) is 4.22. The first-order chi connectivity index (χ1) is 7.29. The molecule has 16 heavy (non-hydrogen) atoms. The van der Waals surface area contributed by atoms with Gasteiger partial charge in [-0.15, -0.1) is 11.6 Å². The highest BCUT2D eigenvalue weighted by Crippen LogP contribution is 2.19. The molecule has 8 heteroatoms. The summed E-state index contributed by atoms with van der Waals surface area (Å²) in [6.07, 6.45) is 2.17. The van der Waals surface area contributed by atoms with Crippen LogP contribution in [0.3, 0.4) is 0 Å². The smallest absolute Gasteiger partial charge is 0.198 e. The van der Waals surface area contributed by atoms with E-state index in [0.717, 1.165) is 6.26 Å². The van der Waals surface area contributed by atoms with Gasteiger partial charge in [0.15, 0.2) is 24.7 Å². The van der Waals surface area contributed by atoms with Crippen molar-refractivity contribution in [2.75, 3.05) is 17.9 Å². The van der Waals surface area contributed by atoms with Crippen LogP contribution in [0, 0.1) is 0 Å². The normalized spacial score (nSPS) is 12.6. The Morgan fingerprint density at radius 2 is 1.94 bits per heavy atom. The van der Waals surface area contributed by atoms with Crippen molar-refractivity contribution in [2.45, 2.75) is 9.92 Å². The lowest BCUT2D eigenvalue weighted by Crippen LogP contribution is -2.14. The standard InChI is InChI=1S/C8H10ClNO4S2/c1-15(11,12)7-3-2-5-10-8(7)16(13,14)6-4-9/h2-3,5H,4,6H2,1H3. The maximum Gasteiger partial charge on any atom is 0.198 e. The minimum absolute atomic E-state index is 0.109. The van der Waals surface area contributed by atoms with Gasteiger partial charge in [0.2, 0.25) is 0 Å². The van der Waals surface area contributed by atoms with Crippen LogP contribution in [0.5, 0.6) is 0 Å². The monoisotopic (exact) mass is 283 g/mol. The first-order valence-electron chi connectivity index (χ1n) is 4.23. The summed E-state index contributed by atoms with van der Waals surface area (Å²) in [6.45, 7) is 0. The molecule has 0 bridgehead atoms. The molecule has 1 rings (SSSR count). The molecule has 0 atom stereocenters. The molecule has 0 saturated carbocycles. The Balaban J connectivity index is 3.48. The molecular formula is C8H10ClNO4S2. The number of alkyl halides is 1. The molecule has 1 aromatic rings.